The maximum atomic E-state index is 13.0. The highest BCUT2D eigenvalue weighted by molar-refractivity contribution is 5.83. The van der Waals surface area contributed by atoms with Gasteiger partial charge in [0.1, 0.15) is 11.4 Å². The molecule has 1 heterocycles. The van der Waals surface area contributed by atoms with Crippen LogP contribution in [0.2, 0.25) is 0 Å². The Bertz CT molecular complexity index is 964. The standard InChI is InChI=1S/C20H25FN4O4/c1-2-3-4-5-6-17(26)24-22-13-16-18(27)23-20(29)25(19(16)28)12-11-14-7-9-15(21)10-8-14/h7-10,13,28H,2-6,11-12H2,1H3,(H,24,26)(H,23,27,29)/b22-13+. The molecule has 0 saturated heterocycles. The molecule has 0 fully saturated rings. The first-order valence-corrected chi connectivity index (χ1v) is 9.54. The number of aromatic hydroxyl groups is 1. The van der Waals surface area contributed by atoms with Crippen LogP contribution >= 0.6 is 0 Å². The summed E-state index contributed by atoms with van der Waals surface area (Å²) in [5.74, 6) is -1.22. The summed E-state index contributed by atoms with van der Waals surface area (Å²) in [5, 5.41) is 14.0. The van der Waals surface area contributed by atoms with Gasteiger partial charge < -0.3 is 5.11 Å². The number of nitrogens with one attached hydrogen (secondary N) is 2. The number of hydrogen-bond donors (Lipinski definition) is 3. The van der Waals surface area contributed by atoms with Crippen LogP contribution in [0.25, 0.3) is 0 Å². The molecule has 0 atom stereocenters. The average Bonchev–Trinajstić information content (AvgIpc) is 2.69. The zero-order chi connectivity index (χ0) is 21.2. The number of halogens is 1. The van der Waals surface area contributed by atoms with Crippen LogP contribution in [0.5, 0.6) is 5.88 Å². The summed E-state index contributed by atoms with van der Waals surface area (Å²) in [4.78, 5) is 37.8. The lowest BCUT2D eigenvalue weighted by Gasteiger charge is -2.09. The van der Waals surface area contributed by atoms with Gasteiger partial charge in [0, 0.05) is 13.0 Å². The number of amides is 1. The Hall–Kier alpha value is -3.23. The Morgan fingerprint density at radius 2 is 1.97 bits per heavy atom. The van der Waals surface area contributed by atoms with Crippen LogP contribution in [0.4, 0.5) is 4.39 Å². The molecule has 29 heavy (non-hydrogen) atoms. The number of hydrazone groups is 1. The summed E-state index contributed by atoms with van der Waals surface area (Å²) >= 11 is 0. The average molecular weight is 404 g/mol. The second kappa shape index (κ2) is 10.9. The van der Waals surface area contributed by atoms with Crippen molar-refractivity contribution in [1.82, 2.24) is 15.0 Å². The third kappa shape index (κ3) is 6.70. The first kappa shape index (κ1) is 22.1. The van der Waals surface area contributed by atoms with Gasteiger partial charge in [-0.3, -0.25) is 19.1 Å². The Kier molecular flexibility index (Phi) is 8.32. The number of benzene rings is 1. The normalized spacial score (nSPS) is 11.1. The third-order valence-electron chi connectivity index (χ3n) is 4.38. The van der Waals surface area contributed by atoms with Crippen LogP contribution in [0.3, 0.4) is 0 Å². The van der Waals surface area contributed by atoms with Gasteiger partial charge in [-0.15, -0.1) is 0 Å². The zero-order valence-electron chi connectivity index (χ0n) is 16.3. The van der Waals surface area contributed by atoms with Crippen molar-refractivity contribution < 1.29 is 14.3 Å². The van der Waals surface area contributed by atoms with Crippen molar-refractivity contribution in [2.24, 2.45) is 5.10 Å². The third-order valence-corrected chi connectivity index (χ3v) is 4.38. The summed E-state index contributed by atoms with van der Waals surface area (Å²) < 4.78 is 14.0. The number of unbranched alkanes of at least 4 members (excludes halogenated alkanes) is 3. The van der Waals surface area contributed by atoms with Crippen LogP contribution in [0.15, 0.2) is 39.0 Å². The molecule has 8 nitrogen and oxygen atoms in total. The molecule has 2 aromatic rings. The molecule has 0 aliphatic rings. The number of carbonyl (C=O) groups is 1. The summed E-state index contributed by atoms with van der Waals surface area (Å²) in [7, 11) is 0. The summed E-state index contributed by atoms with van der Waals surface area (Å²) in [5.41, 5.74) is 1.24. The van der Waals surface area contributed by atoms with Gasteiger partial charge in [-0.25, -0.2) is 14.6 Å². The molecule has 1 amide bonds. The van der Waals surface area contributed by atoms with Crippen molar-refractivity contribution in [1.29, 1.82) is 0 Å². The van der Waals surface area contributed by atoms with E-state index < -0.39 is 17.1 Å². The number of rotatable bonds is 10. The van der Waals surface area contributed by atoms with E-state index in [9.17, 15) is 23.9 Å². The van der Waals surface area contributed by atoms with Gasteiger partial charge in [-0.1, -0.05) is 38.3 Å². The molecule has 1 aromatic carbocycles. The van der Waals surface area contributed by atoms with E-state index in [1.54, 1.807) is 12.1 Å². The van der Waals surface area contributed by atoms with E-state index in [-0.39, 0.29) is 23.8 Å². The van der Waals surface area contributed by atoms with Gasteiger partial charge in [0.2, 0.25) is 11.8 Å². The predicted octanol–water partition coefficient (Wildman–Crippen LogP) is 2.04. The van der Waals surface area contributed by atoms with Crippen LogP contribution in [-0.2, 0) is 17.8 Å². The Balaban J connectivity index is 2.05. The fourth-order valence-corrected chi connectivity index (χ4v) is 2.73. The largest absolute Gasteiger partial charge is 0.494 e. The topological polar surface area (TPSA) is 117 Å². The van der Waals surface area contributed by atoms with Crippen LogP contribution < -0.4 is 16.7 Å². The van der Waals surface area contributed by atoms with E-state index in [0.717, 1.165) is 42.0 Å². The number of hydrogen-bond acceptors (Lipinski definition) is 5. The number of aromatic nitrogens is 2. The molecule has 1 aromatic heterocycles. The lowest BCUT2D eigenvalue weighted by molar-refractivity contribution is -0.121. The summed E-state index contributed by atoms with van der Waals surface area (Å²) in [6.45, 7) is 2.14. The predicted molar refractivity (Wildman–Crippen MR) is 108 cm³/mol. The molecule has 0 bridgehead atoms. The van der Waals surface area contributed by atoms with Crippen molar-refractivity contribution in [3.8, 4) is 5.88 Å². The number of aromatic amines is 1. The summed E-state index contributed by atoms with van der Waals surface area (Å²) in [6, 6.07) is 5.74. The number of H-pyrrole nitrogens is 1. The molecule has 0 aliphatic carbocycles. The molecular formula is C20H25FN4O4. The van der Waals surface area contributed by atoms with Crippen molar-refractivity contribution in [3.05, 3.63) is 62.0 Å². The minimum absolute atomic E-state index is 0.0672. The fourth-order valence-electron chi connectivity index (χ4n) is 2.73. The van der Waals surface area contributed by atoms with E-state index in [2.05, 4.69) is 22.4 Å². The molecule has 156 valence electrons. The van der Waals surface area contributed by atoms with Crippen molar-refractivity contribution in [3.63, 3.8) is 0 Å². The second-order valence-corrected chi connectivity index (χ2v) is 6.63. The van der Waals surface area contributed by atoms with E-state index in [1.165, 1.54) is 12.1 Å². The van der Waals surface area contributed by atoms with Gasteiger partial charge in [0.25, 0.3) is 5.56 Å². The Morgan fingerprint density at radius 3 is 2.66 bits per heavy atom. The van der Waals surface area contributed by atoms with Crippen molar-refractivity contribution in [2.45, 2.75) is 52.0 Å². The highest BCUT2D eigenvalue weighted by Gasteiger charge is 2.13. The van der Waals surface area contributed by atoms with E-state index in [0.29, 0.717) is 12.8 Å². The van der Waals surface area contributed by atoms with Gasteiger partial charge in [0.15, 0.2) is 0 Å². The smallest absolute Gasteiger partial charge is 0.331 e. The zero-order valence-corrected chi connectivity index (χ0v) is 16.3. The van der Waals surface area contributed by atoms with Gasteiger partial charge in [0.05, 0.1) is 6.21 Å². The van der Waals surface area contributed by atoms with Crippen LogP contribution in [0, 0.1) is 5.82 Å². The Morgan fingerprint density at radius 1 is 1.24 bits per heavy atom. The molecule has 0 spiro atoms. The Labute approximate surface area is 167 Å². The second-order valence-electron chi connectivity index (χ2n) is 6.63. The van der Waals surface area contributed by atoms with Gasteiger partial charge >= 0.3 is 5.69 Å². The lowest BCUT2D eigenvalue weighted by Crippen LogP contribution is -2.33. The molecule has 0 aliphatic heterocycles. The summed E-state index contributed by atoms with van der Waals surface area (Å²) in [6.07, 6.45) is 5.48. The first-order valence-electron chi connectivity index (χ1n) is 9.54. The highest BCUT2D eigenvalue weighted by atomic mass is 19.1. The van der Waals surface area contributed by atoms with Crippen LogP contribution in [-0.4, -0.2) is 26.8 Å². The fraction of sp³-hybridized carbons (Fsp3) is 0.400. The van der Waals surface area contributed by atoms with Crippen LogP contribution in [0.1, 0.15) is 50.2 Å². The van der Waals surface area contributed by atoms with E-state index >= 15 is 0 Å². The molecular weight excluding hydrogens is 379 g/mol. The highest BCUT2D eigenvalue weighted by Crippen LogP contribution is 2.10. The number of carbonyl (C=O) groups excluding carboxylic acids is 1. The SMILES string of the molecule is CCCCCCC(=O)N/N=C/c1c(O)n(CCc2ccc(F)cc2)c(=O)[nH]c1=O. The van der Waals surface area contributed by atoms with E-state index in [4.69, 9.17) is 0 Å². The number of aryl methyl sites for hydroxylation is 1. The first-order chi connectivity index (χ1) is 13.9. The monoisotopic (exact) mass is 404 g/mol. The molecule has 3 N–H and O–H groups in total. The quantitative estimate of drug-likeness (QED) is 0.319. The maximum Gasteiger partial charge on any atom is 0.331 e. The molecule has 9 heteroatoms. The van der Waals surface area contributed by atoms with Crippen molar-refractivity contribution >= 4 is 12.1 Å². The maximum absolute atomic E-state index is 13.0. The lowest BCUT2D eigenvalue weighted by atomic mass is 10.1. The van der Waals surface area contributed by atoms with Gasteiger partial charge in [-0.05, 0) is 30.5 Å². The molecule has 0 unspecified atom stereocenters. The molecule has 2 rings (SSSR count). The minimum Gasteiger partial charge on any atom is -0.494 e. The molecule has 0 radical (unpaired) electrons. The van der Waals surface area contributed by atoms with Crippen molar-refractivity contribution in [2.75, 3.05) is 0 Å². The minimum atomic E-state index is -0.813. The van der Waals surface area contributed by atoms with E-state index in [1.807, 2.05) is 0 Å². The van der Waals surface area contributed by atoms with Gasteiger partial charge in [-0.2, -0.15) is 5.10 Å². The number of nitrogens with zero attached hydrogens (tertiary/aromatic N) is 2. The molecule has 0 saturated carbocycles.